The van der Waals surface area contributed by atoms with Crippen molar-refractivity contribution in [3.63, 3.8) is 0 Å². The van der Waals surface area contributed by atoms with Crippen molar-refractivity contribution in [3.8, 4) is 12.3 Å². The van der Waals surface area contributed by atoms with Crippen LogP contribution in [0, 0.1) is 24.2 Å². The van der Waals surface area contributed by atoms with E-state index in [1.54, 1.807) is 0 Å². The van der Waals surface area contributed by atoms with Gasteiger partial charge in [0.2, 0.25) is 0 Å². The third-order valence-electron chi connectivity index (χ3n) is 2.75. The van der Waals surface area contributed by atoms with E-state index in [9.17, 15) is 0 Å². The number of rotatable bonds is 5. The summed E-state index contributed by atoms with van der Waals surface area (Å²) in [7, 11) is -0.967. The van der Waals surface area contributed by atoms with Crippen molar-refractivity contribution in [1.82, 2.24) is 0 Å². The van der Waals surface area contributed by atoms with Gasteiger partial charge in [0, 0.05) is 26.5 Å². The van der Waals surface area contributed by atoms with Gasteiger partial charge in [-0.05, 0) is 6.04 Å². The van der Waals surface area contributed by atoms with Crippen molar-refractivity contribution in [2.45, 2.75) is 25.7 Å². The first-order valence-corrected chi connectivity index (χ1v) is 9.62. The van der Waals surface area contributed by atoms with E-state index in [4.69, 9.17) is 11.2 Å². The molecule has 0 N–H and O–H groups in total. The van der Waals surface area contributed by atoms with E-state index in [-0.39, 0.29) is 5.92 Å². The zero-order valence-electron chi connectivity index (χ0n) is 10.6. The van der Waals surface area contributed by atoms with Crippen LogP contribution in [0.3, 0.4) is 0 Å². The summed E-state index contributed by atoms with van der Waals surface area (Å²) >= 11 is 0. The van der Waals surface area contributed by atoms with Crippen molar-refractivity contribution in [2.24, 2.45) is 11.8 Å². The summed E-state index contributed by atoms with van der Waals surface area (Å²) in [5.41, 5.74) is 0. The van der Waals surface area contributed by atoms with Gasteiger partial charge in [0.05, 0.1) is 6.61 Å². The van der Waals surface area contributed by atoms with Crippen molar-refractivity contribution in [2.75, 3.05) is 13.2 Å². The monoisotopic (exact) mass is 234 g/mol. The lowest BCUT2D eigenvalue weighted by molar-refractivity contribution is 0.117. The Morgan fingerprint density at radius 3 is 2.56 bits per heavy atom. The van der Waals surface area contributed by atoms with Gasteiger partial charge in [-0.15, -0.1) is 6.42 Å². The highest BCUT2D eigenvalue weighted by molar-refractivity contribution is 6.76. The van der Waals surface area contributed by atoms with E-state index < -0.39 is 8.07 Å². The largest absolute Gasteiger partial charge is 0.381 e. The minimum Gasteiger partial charge on any atom is -0.381 e. The summed E-state index contributed by atoms with van der Waals surface area (Å²) in [6, 6.07) is 1.22. The molecule has 16 heavy (non-hydrogen) atoms. The van der Waals surface area contributed by atoms with Gasteiger partial charge in [-0.1, -0.05) is 49.9 Å². The maximum absolute atomic E-state index is 5.74. The molecule has 1 nitrogen and oxygen atoms in total. The molecule has 0 aliphatic heterocycles. The Hall–Kier alpha value is -0.783. The van der Waals surface area contributed by atoms with Gasteiger partial charge in [-0.25, -0.2) is 0 Å². The van der Waals surface area contributed by atoms with Gasteiger partial charge in [-0.3, -0.25) is 0 Å². The van der Waals surface area contributed by atoms with Gasteiger partial charge < -0.3 is 4.74 Å². The predicted molar refractivity (Wildman–Crippen MR) is 73.1 cm³/mol. The van der Waals surface area contributed by atoms with Crippen LogP contribution >= 0.6 is 0 Å². The Labute approximate surface area is 101 Å². The fraction of sp³-hybridized carbons (Fsp3) is 0.571. The van der Waals surface area contributed by atoms with Crippen LogP contribution in [0.4, 0.5) is 0 Å². The minimum atomic E-state index is -0.967. The van der Waals surface area contributed by atoms with Crippen LogP contribution in [0.25, 0.3) is 0 Å². The molecular formula is C14H22OSi. The van der Waals surface area contributed by atoms with E-state index in [0.717, 1.165) is 13.2 Å². The highest BCUT2D eigenvalue weighted by atomic mass is 28.3. The molecule has 0 saturated heterocycles. The number of allylic oxidation sites excluding steroid dienone is 3. The molecule has 88 valence electrons. The number of ether oxygens (including phenoxy) is 1. The van der Waals surface area contributed by atoms with Gasteiger partial charge in [0.1, 0.15) is 0 Å². The number of terminal acetylenes is 1. The lowest BCUT2D eigenvalue weighted by Gasteiger charge is -2.21. The smallest absolute Gasteiger partial charge is 0.0543 e. The molecule has 2 atom stereocenters. The van der Waals surface area contributed by atoms with E-state index >= 15 is 0 Å². The quantitative estimate of drug-likeness (QED) is 0.403. The average molecular weight is 234 g/mol. The van der Waals surface area contributed by atoms with E-state index in [0.29, 0.717) is 5.92 Å². The average Bonchev–Trinajstić information content (AvgIpc) is 2.23. The standard InChI is InChI=1S/C14H22OSi/c1-5-13-8-6-7-9-14(13)12-15-10-11-16(2,3)4/h1,6-9,13-14H,10-12H2,2-4H3. The van der Waals surface area contributed by atoms with Crippen LogP contribution < -0.4 is 0 Å². The SMILES string of the molecule is C#CC1C=CC=CC1COCC[Si](C)(C)C. The zero-order valence-corrected chi connectivity index (χ0v) is 11.6. The molecule has 0 aromatic rings. The molecule has 0 amide bonds. The topological polar surface area (TPSA) is 9.23 Å². The zero-order chi connectivity index (χ0) is 12.0. The first kappa shape index (κ1) is 13.3. The Morgan fingerprint density at radius 1 is 1.25 bits per heavy atom. The first-order chi connectivity index (χ1) is 7.53. The predicted octanol–water partition coefficient (Wildman–Crippen LogP) is 3.33. The molecule has 2 heteroatoms. The molecule has 2 unspecified atom stereocenters. The molecular weight excluding hydrogens is 212 g/mol. The van der Waals surface area contributed by atoms with Crippen LogP contribution in [0.5, 0.6) is 0 Å². The molecule has 0 heterocycles. The fourth-order valence-corrected chi connectivity index (χ4v) is 2.35. The summed E-state index contributed by atoms with van der Waals surface area (Å²) in [6.07, 6.45) is 13.8. The van der Waals surface area contributed by atoms with Crippen molar-refractivity contribution in [3.05, 3.63) is 24.3 Å². The number of hydrogen-bond acceptors (Lipinski definition) is 1. The maximum Gasteiger partial charge on any atom is 0.0543 e. The van der Waals surface area contributed by atoms with Gasteiger partial charge >= 0.3 is 0 Å². The van der Waals surface area contributed by atoms with E-state index in [1.165, 1.54) is 6.04 Å². The molecule has 0 bridgehead atoms. The summed E-state index contributed by atoms with van der Waals surface area (Å²) in [4.78, 5) is 0. The third-order valence-corrected chi connectivity index (χ3v) is 4.45. The lowest BCUT2D eigenvalue weighted by Crippen LogP contribution is -2.23. The Kier molecular flexibility index (Phi) is 5.04. The highest BCUT2D eigenvalue weighted by Crippen LogP contribution is 2.19. The molecule has 0 aromatic heterocycles. The normalized spacial score (nSPS) is 24.4. The van der Waals surface area contributed by atoms with E-state index in [1.807, 2.05) is 6.08 Å². The second-order valence-electron chi connectivity index (χ2n) is 5.51. The Balaban J connectivity index is 2.25. The highest BCUT2D eigenvalue weighted by Gasteiger charge is 2.17. The minimum absolute atomic E-state index is 0.205. The van der Waals surface area contributed by atoms with Crippen LogP contribution in [0.15, 0.2) is 24.3 Å². The second kappa shape index (κ2) is 6.08. The Morgan fingerprint density at radius 2 is 1.94 bits per heavy atom. The Bertz CT molecular complexity index is 304. The fourth-order valence-electron chi connectivity index (χ4n) is 1.59. The summed E-state index contributed by atoms with van der Waals surface area (Å²) in [6.45, 7) is 8.72. The van der Waals surface area contributed by atoms with Crippen molar-refractivity contribution < 1.29 is 4.74 Å². The van der Waals surface area contributed by atoms with Gasteiger partial charge in [-0.2, -0.15) is 0 Å². The summed E-state index contributed by atoms with van der Waals surface area (Å²) < 4.78 is 5.74. The summed E-state index contributed by atoms with van der Waals surface area (Å²) in [5.74, 6) is 3.37. The molecule has 0 radical (unpaired) electrons. The lowest BCUT2D eigenvalue weighted by atomic mass is 9.90. The van der Waals surface area contributed by atoms with Crippen LogP contribution in [-0.4, -0.2) is 21.3 Å². The first-order valence-electron chi connectivity index (χ1n) is 5.92. The third kappa shape index (κ3) is 4.83. The van der Waals surface area contributed by atoms with Crippen LogP contribution in [0.2, 0.25) is 25.7 Å². The molecule has 1 aliphatic carbocycles. The second-order valence-corrected chi connectivity index (χ2v) is 11.1. The molecule has 0 aromatic carbocycles. The van der Waals surface area contributed by atoms with Crippen molar-refractivity contribution in [1.29, 1.82) is 0 Å². The molecule has 0 spiro atoms. The molecule has 1 aliphatic rings. The number of hydrogen-bond donors (Lipinski definition) is 0. The van der Waals surface area contributed by atoms with Gasteiger partial charge in [0.25, 0.3) is 0 Å². The van der Waals surface area contributed by atoms with Crippen LogP contribution in [-0.2, 0) is 4.74 Å². The molecule has 0 fully saturated rings. The van der Waals surface area contributed by atoms with E-state index in [2.05, 4.69) is 43.8 Å². The summed E-state index contributed by atoms with van der Waals surface area (Å²) in [5, 5.41) is 0. The van der Waals surface area contributed by atoms with Gasteiger partial charge in [0.15, 0.2) is 0 Å². The molecule has 1 rings (SSSR count). The maximum atomic E-state index is 5.74. The molecule has 0 saturated carbocycles. The van der Waals surface area contributed by atoms with Crippen molar-refractivity contribution >= 4 is 8.07 Å². The van der Waals surface area contributed by atoms with Crippen LogP contribution in [0.1, 0.15) is 0 Å².